The lowest BCUT2D eigenvalue weighted by molar-refractivity contribution is -0.158. The minimum absolute atomic E-state index is 0.200. The van der Waals surface area contributed by atoms with Crippen LogP contribution in [0.15, 0.2) is 16.5 Å². The summed E-state index contributed by atoms with van der Waals surface area (Å²) in [5.74, 6) is 5.88. The molecule has 1 aromatic rings. The quantitative estimate of drug-likeness (QED) is 0.597. The number of nitrogens with zero attached hydrogens (tertiary/aromatic N) is 3. The lowest BCUT2D eigenvalue weighted by atomic mass is 10.2. The zero-order valence-corrected chi connectivity index (χ0v) is 14.5. The summed E-state index contributed by atoms with van der Waals surface area (Å²) in [5, 5.41) is 1.44. The highest BCUT2D eigenvalue weighted by Gasteiger charge is 2.18. The van der Waals surface area contributed by atoms with Crippen molar-refractivity contribution in [3.8, 4) is 0 Å². The van der Waals surface area contributed by atoms with E-state index in [1.54, 1.807) is 13.2 Å². The molecule has 8 heteroatoms. The highest BCUT2D eigenvalue weighted by Crippen LogP contribution is 2.19. The van der Waals surface area contributed by atoms with Gasteiger partial charge in [0.05, 0.1) is 29.9 Å². The van der Waals surface area contributed by atoms with Gasteiger partial charge in [-0.15, -0.1) is 0 Å². The monoisotopic (exact) mass is 371 g/mol. The Morgan fingerprint density at radius 2 is 2.32 bits per heavy atom. The second-order valence-electron chi connectivity index (χ2n) is 5.21. The van der Waals surface area contributed by atoms with Gasteiger partial charge < -0.3 is 20.2 Å². The molecule has 0 aromatic carbocycles. The van der Waals surface area contributed by atoms with Gasteiger partial charge >= 0.3 is 0 Å². The number of rotatable bonds is 5. The first-order valence-corrected chi connectivity index (χ1v) is 7.98. The van der Waals surface area contributed by atoms with Gasteiger partial charge in [-0.3, -0.25) is 0 Å². The SMILES string of the molecule is Cc1nc(/C(N)=C(\COC2CCCCO2)N(C)N)cnc1Br. The Bertz CT molecular complexity index is 544. The topological polar surface area (TPSA) is 99.5 Å². The Morgan fingerprint density at radius 3 is 2.91 bits per heavy atom. The molecule has 22 heavy (non-hydrogen) atoms. The van der Waals surface area contributed by atoms with E-state index in [0.29, 0.717) is 21.7 Å². The molecule has 4 N–H and O–H groups in total. The summed E-state index contributed by atoms with van der Waals surface area (Å²) < 4.78 is 12.0. The van der Waals surface area contributed by atoms with Gasteiger partial charge in [0.2, 0.25) is 0 Å². The minimum atomic E-state index is -0.200. The van der Waals surface area contributed by atoms with Gasteiger partial charge in [0.15, 0.2) is 6.29 Å². The second kappa shape index (κ2) is 7.87. The average Bonchev–Trinajstić information content (AvgIpc) is 2.50. The minimum Gasteiger partial charge on any atom is -0.395 e. The van der Waals surface area contributed by atoms with Crippen molar-refractivity contribution in [2.45, 2.75) is 32.5 Å². The molecule has 1 saturated heterocycles. The number of hydrogen-bond donors (Lipinski definition) is 2. The maximum absolute atomic E-state index is 6.19. The zero-order chi connectivity index (χ0) is 16.1. The Hall–Kier alpha value is -1.22. The summed E-state index contributed by atoms with van der Waals surface area (Å²) in [5.41, 5.74) is 8.62. The molecule has 1 unspecified atom stereocenters. The first-order valence-electron chi connectivity index (χ1n) is 7.18. The summed E-state index contributed by atoms with van der Waals surface area (Å²) in [4.78, 5) is 8.62. The Morgan fingerprint density at radius 1 is 1.55 bits per heavy atom. The van der Waals surface area contributed by atoms with Crippen LogP contribution in [0.3, 0.4) is 0 Å². The average molecular weight is 372 g/mol. The van der Waals surface area contributed by atoms with Crippen molar-refractivity contribution in [1.29, 1.82) is 0 Å². The molecule has 0 aliphatic carbocycles. The molecule has 1 atom stereocenters. The lowest BCUT2D eigenvalue weighted by Gasteiger charge is -2.25. The van der Waals surface area contributed by atoms with E-state index in [9.17, 15) is 0 Å². The van der Waals surface area contributed by atoms with E-state index in [1.165, 1.54) is 5.01 Å². The van der Waals surface area contributed by atoms with E-state index in [4.69, 9.17) is 21.1 Å². The summed E-state index contributed by atoms with van der Waals surface area (Å²) in [6, 6.07) is 0. The predicted octanol–water partition coefficient (Wildman–Crippen LogP) is 1.52. The van der Waals surface area contributed by atoms with Crippen LogP contribution in [0.25, 0.3) is 5.70 Å². The Labute approximate surface area is 138 Å². The molecule has 122 valence electrons. The molecule has 1 aromatic heterocycles. The van der Waals surface area contributed by atoms with Gasteiger partial charge in [0.25, 0.3) is 0 Å². The molecule has 7 nitrogen and oxygen atoms in total. The van der Waals surface area contributed by atoms with Crippen molar-refractivity contribution in [3.63, 3.8) is 0 Å². The molecule has 1 aliphatic rings. The number of nitrogens with two attached hydrogens (primary N) is 2. The van der Waals surface area contributed by atoms with Crippen LogP contribution in [0, 0.1) is 6.92 Å². The van der Waals surface area contributed by atoms with Crippen LogP contribution in [0.2, 0.25) is 0 Å². The van der Waals surface area contributed by atoms with Gasteiger partial charge in [-0.05, 0) is 42.1 Å². The van der Waals surface area contributed by atoms with Gasteiger partial charge in [-0.25, -0.2) is 15.8 Å². The van der Waals surface area contributed by atoms with E-state index in [0.717, 1.165) is 31.6 Å². The maximum atomic E-state index is 6.19. The molecular formula is C14H22BrN5O2. The lowest BCUT2D eigenvalue weighted by Crippen LogP contribution is -2.33. The van der Waals surface area contributed by atoms with E-state index in [2.05, 4.69) is 25.9 Å². The van der Waals surface area contributed by atoms with Crippen LogP contribution >= 0.6 is 15.9 Å². The second-order valence-corrected chi connectivity index (χ2v) is 5.96. The Balaban J connectivity index is 2.14. The molecule has 0 amide bonds. The molecule has 0 saturated carbocycles. The largest absolute Gasteiger partial charge is 0.395 e. The number of hydrazine groups is 1. The number of aryl methyl sites for hydroxylation is 1. The summed E-state index contributed by atoms with van der Waals surface area (Å²) in [6.45, 7) is 2.85. The third kappa shape index (κ3) is 4.39. The first-order chi connectivity index (χ1) is 10.5. The van der Waals surface area contributed by atoms with Crippen LogP contribution < -0.4 is 11.6 Å². The highest BCUT2D eigenvalue weighted by atomic mass is 79.9. The van der Waals surface area contributed by atoms with Crippen molar-refractivity contribution in [2.24, 2.45) is 11.6 Å². The summed E-state index contributed by atoms with van der Waals surface area (Å²) in [6.07, 6.45) is 4.48. The summed E-state index contributed by atoms with van der Waals surface area (Å²) >= 11 is 3.32. The number of likely N-dealkylation sites (N-methyl/N-ethyl adjacent to an activating group) is 1. The van der Waals surface area contributed by atoms with E-state index < -0.39 is 0 Å². The van der Waals surface area contributed by atoms with Gasteiger partial charge in [-0.2, -0.15) is 0 Å². The van der Waals surface area contributed by atoms with Crippen molar-refractivity contribution in [1.82, 2.24) is 15.0 Å². The van der Waals surface area contributed by atoms with Crippen molar-refractivity contribution in [3.05, 3.63) is 27.9 Å². The van der Waals surface area contributed by atoms with E-state index in [-0.39, 0.29) is 12.9 Å². The van der Waals surface area contributed by atoms with E-state index in [1.807, 2.05) is 6.92 Å². The van der Waals surface area contributed by atoms with Crippen LogP contribution in [0.1, 0.15) is 30.7 Å². The third-order valence-electron chi connectivity index (χ3n) is 3.44. The Kier molecular flexibility index (Phi) is 6.13. The number of hydrogen-bond acceptors (Lipinski definition) is 7. The number of ether oxygens (including phenoxy) is 2. The van der Waals surface area contributed by atoms with Crippen molar-refractivity contribution >= 4 is 21.6 Å². The molecule has 2 rings (SSSR count). The van der Waals surface area contributed by atoms with Crippen molar-refractivity contribution in [2.75, 3.05) is 20.3 Å². The zero-order valence-electron chi connectivity index (χ0n) is 12.9. The predicted molar refractivity (Wildman–Crippen MR) is 87.1 cm³/mol. The molecular weight excluding hydrogens is 350 g/mol. The number of halogens is 1. The van der Waals surface area contributed by atoms with Crippen LogP contribution in [0.5, 0.6) is 0 Å². The fourth-order valence-electron chi connectivity index (χ4n) is 2.13. The van der Waals surface area contributed by atoms with E-state index >= 15 is 0 Å². The standard InChI is InChI=1S/C14H22BrN5O2/c1-9-14(15)18-7-10(19-9)13(16)11(20(2)17)8-22-12-5-3-4-6-21-12/h7,12H,3-6,8,16-17H2,1-2H3/b13-11-. The molecule has 1 fully saturated rings. The fraction of sp³-hybridized carbons (Fsp3) is 0.571. The fourth-order valence-corrected chi connectivity index (χ4v) is 2.32. The highest BCUT2D eigenvalue weighted by molar-refractivity contribution is 9.10. The number of aromatic nitrogens is 2. The van der Waals surface area contributed by atoms with Crippen LogP contribution in [0.4, 0.5) is 0 Å². The molecule has 0 bridgehead atoms. The van der Waals surface area contributed by atoms with Crippen LogP contribution in [-0.4, -0.2) is 41.5 Å². The maximum Gasteiger partial charge on any atom is 0.158 e. The molecule has 0 radical (unpaired) electrons. The molecule has 1 aliphatic heterocycles. The van der Waals surface area contributed by atoms with Gasteiger partial charge in [-0.1, -0.05) is 0 Å². The third-order valence-corrected chi connectivity index (χ3v) is 4.22. The first kappa shape index (κ1) is 17.1. The smallest absolute Gasteiger partial charge is 0.158 e. The molecule has 0 spiro atoms. The van der Waals surface area contributed by atoms with Gasteiger partial charge in [0, 0.05) is 13.7 Å². The van der Waals surface area contributed by atoms with Gasteiger partial charge in [0.1, 0.15) is 10.3 Å². The van der Waals surface area contributed by atoms with Crippen molar-refractivity contribution < 1.29 is 9.47 Å². The normalized spacial score (nSPS) is 19.7. The van der Waals surface area contributed by atoms with Crippen LogP contribution in [-0.2, 0) is 9.47 Å². The molecule has 2 heterocycles. The summed E-state index contributed by atoms with van der Waals surface area (Å²) in [7, 11) is 1.71.